The average molecular weight is 266 g/mol. The molecule has 1 amide bonds. The number of nitrogens with one attached hydrogen (secondary N) is 2. The predicted octanol–water partition coefficient (Wildman–Crippen LogP) is 0.579. The molecular weight excluding hydrogens is 256 g/mol. The summed E-state index contributed by atoms with van der Waals surface area (Å²) in [4.78, 5) is 27.1. The Morgan fingerprint density at radius 1 is 1.61 bits per heavy atom. The third kappa shape index (κ3) is 1.84. The Balaban J connectivity index is 1.87. The molecule has 0 spiro atoms. The molecule has 1 unspecified atom stereocenters. The molecule has 0 aromatic carbocycles. The van der Waals surface area contributed by atoms with Crippen molar-refractivity contribution >= 4 is 17.7 Å². The molecular formula is C10H10N4O3S. The van der Waals surface area contributed by atoms with Crippen LogP contribution in [0.1, 0.15) is 21.8 Å². The second-order valence-corrected chi connectivity index (χ2v) is 4.95. The summed E-state index contributed by atoms with van der Waals surface area (Å²) >= 11 is 1.62. The molecule has 0 bridgehead atoms. The lowest BCUT2D eigenvalue weighted by molar-refractivity contribution is 0.0737. The summed E-state index contributed by atoms with van der Waals surface area (Å²) in [6.07, 6.45) is 1.58. The number of hydrogen-bond acceptors (Lipinski definition) is 5. The molecule has 94 valence electrons. The Morgan fingerprint density at radius 2 is 2.50 bits per heavy atom. The summed E-state index contributed by atoms with van der Waals surface area (Å²) in [7, 11) is 0. The van der Waals surface area contributed by atoms with E-state index < -0.39 is 5.69 Å². The Morgan fingerprint density at radius 3 is 3.17 bits per heavy atom. The van der Waals surface area contributed by atoms with E-state index in [1.165, 1.54) is 0 Å². The normalized spacial score (nSPS) is 19.3. The van der Waals surface area contributed by atoms with Gasteiger partial charge in [-0.3, -0.25) is 9.78 Å². The van der Waals surface area contributed by atoms with Gasteiger partial charge in [-0.1, -0.05) is 0 Å². The smallest absolute Gasteiger partial charge is 0.341 e. The standard InChI is InChI=1S/C10H10N4O3S/c15-8(7-11-10(16)13-12-7)14-3-5-18-9(14)6-2-1-4-17-6/h1-2,4,9H,3,5H2,(H2,11,12,13,16). The van der Waals surface area contributed by atoms with Gasteiger partial charge in [0, 0.05) is 12.3 Å². The van der Waals surface area contributed by atoms with Gasteiger partial charge in [-0.15, -0.1) is 16.9 Å². The Bertz CT molecular complexity index is 603. The quantitative estimate of drug-likeness (QED) is 0.829. The third-order valence-corrected chi connectivity index (χ3v) is 3.86. The monoisotopic (exact) mass is 266 g/mol. The summed E-state index contributed by atoms with van der Waals surface area (Å²) in [6.45, 7) is 0.601. The summed E-state index contributed by atoms with van der Waals surface area (Å²) in [5.74, 6) is 1.27. The van der Waals surface area contributed by atoms with Gasteiger partial charge in [0.25, 0.3) is 5.91 Å². The molecule has 1 aliphatic heterocycles. The molecule has 0 aliphatic carbocycles. The maximum Gasteiger partial charge on any atom is 0.341 e. The van der Waals surface area contributed by atoms with Gasteiger partial charge in [0.15, 0.2) is 0 Å². The molecule has 3 heterocycles. The van der Waals surface area contributed by atoms with Crippen LogP contribution in [0.5, 0.6) is 0 Å². The molecule has 2 aromatic heterocycles. The van der Waals surface area contributed by atoms with Crippen LogP contribution >= 0.6 is 11.8 Å². The number of rotatable bonds is 2. The number of aromatic amines is 2. The van der Waals surface area contributed by atoms with Crippen molar-refractivity contribution in [3.8, 4) is 0 Å². The number of aromatic nitrogens is 3. The van der Waals surface area contributed by atoms with Crippen LogP contribution in [0.25, 0.3) is 0 Å². The SMILES string of the molecule is O=C(c1n[nH]c(=O)[nH]1)N1CCSC1c1ccco1. The number of carbonyl (C=O) groups is 1. The zero-order valence-corrected chi connectivity index (χ0v) is 10.1. The molecule has 1 atom stereocenters. The van der Waals surface area contributed by atoms with Crippen molar-refractivity contribution in [2.75, 3.05) is 12.3 Å². The van der Waals surface area contributed by atoms with Crippen LogP contribution in [0.15, 0.2) is 27.6 Å². The highest BCUT2D eigenvalue weighted by molar-refractivity contribution is 7.99. The zero-order chi connectivity index (χ0) is 12.5. The van der Waals surface area contributed by atoms with Gasteiger partial charge in [-0.2, -0.15) is 0 Å². The van der Waals surface area contributed by atoms with Crippen LogP contribution in [0.4, 0.5) is 0 Å². The molecule has 8 heteroatoms. The predicted molar refractivity (Wildman–Crippen MR) is 64.2 cm³/mol. The molecule has 1 fully saturated rings. The van der Waals surface area contributed by atoms with Gasteiger partial charge in [0.05, 0.1) is 6.26 Å². The summed E-state index contributed by atoms with van der Waals surface area (Å²) < 4.78 is 5.32. The first-order chi connectivity index (χ1) is 8.75. The van der Waals surface area contributed by atoms with E-state index in [0.29, 0.717) is 6.54 Å². The van der Waals surface area contributed by atoms with Gasteiger partial charge in [-0.25, -0.2) is 9.89 Å². The first-order valence-electron chi connectivity index (χ1n) is 5.36. The van der Waals surface area contributed by atoms with Crippen LogP contribution in [-0.4, -0.2) is 38.3 Å². The van der Waals surface area contributed by atoms with Crippen molar-refractivity contribution in [1.29, 1.82) is 0 Å². The number of amides is 1. The van der Waals surface area contributed by atoms with E-state index in [1.54, 1.807) is 29.0 Å². The number of hydrogen-bond donors (Lipinski definition) is 2. The van der Waals surface area contributed by atoms with E-state index >= 15 is 0 Å². The fourth-order valence-corrected chi connectivity index (χ4v) is 3.06. The van der Waals surface area contributed by atoms with Crippen molar-refractivity contribution in [1.82, 2.24) is 20.1 Å². The lowest BCUT2D eigenvalue weighted by Crippen LogP contribution is -2.31. The highest BCUT2D eigenvalue weighted by Gasteiger charge is 2.34. The number of thioether (sulfide) groups is 1. The first kappa shape index (κ1) is 11.1. The molecule has 1 aliphatic rings. The minimum Gasteiger partial charge on any atom is -0.466 e. The van der Waals surface area contributed by atoms with Crippen LogP contribution in [0.3, 0.4) is 0 Å². The van der Waals surface area contributed by atoms with E-state index in [2.05, 4.69) is 15.2 Å². The zero-order valence-electron chi connectivity index (χ0n) is 9.25. The van der Waals surface area contributed by atoms with Crippen molar-refractivity contribution < 1.29 is 9.21 Å². The lowest BCUT2D eigenvalue weighted by atomic mass is 10.3. The number of furan rings is 1. The third-order valence-electron chi connectivity index (χ3n) is 2.64. The second-order valence-electron chi connectivity index (χ2n) is 3.76. The number of nitrogens with zero attached hydrogens (tertiary/aromatic N) is 2. The molecule has 2 N–H and O–H groups in total. The molecule has 18 heavy (non-hydrogen) atoms. The maximum absolute atomic E-state index is 12.2. The molecule has 0 radical (unpaired) electrons. The number of carbonyl (C=O) groups excluding carboxylic acids is 1. The summed E-state index contributed by atoms with van der Waals surface area (Å²) in [5, 5.41) is 5.68. The number of H-pyrrole nitrogens is 2. The van der Waals surface area contributed by atoms with E-state index in [-0.39, 0.29) is 17.1 Å². The fraction of sp³-hybridized carbons (Fsp3) is 0.300. The Labute approximate surface area is 106 Å². The van der Waals surface area contributed by atoms with E-state index in [4.69, 9.17) is 4.42 Å². The van der Waals surface area contributed by atoms with Crippen molar-refractivity contribution in [2.24, 2.45) is 0 Å². The van der Waals surface area contributed by atoms with Crippen LogP contribution in [0.2, 0.25) is 0 Å². The highest BCUT2D eigenvalue weighted by atomic mass is 32.2. The second kappa shape index (κ2) is 4.37. The fourth-order valence-electron chi connectivity index (χ4n) is 1.85. The first-order valence-corrected chi connectivity index (χ1v) is 6.41. The van der Waals surface area contributed by atoms with Gasteiger partial charge in [-0.05, 0) is 12.1 Å². The molecule has 0 saturated carbocycles. The minimum absolute atomic E-state index is 0.0269. The van der Waals surface area contributed by atoms with E-state index in [1.807, 2.05) is 6.07 Å². The minimum atomic E-state index is -0.486. The molecule has 3 rings (SSSR count). The highest BCUT2D eigenvalue weighted by Crippen LogP contribution is 2.38. The van der Waals surface area contributed by atoms with Crippen LogP contribution < -0.4 is 5.69 Å². The molecule has 7 nitrogen and oxygen atoms in total. The van der Waals surface area contributed by atoms with Crippen LogP contribution in [0, 0.1) is 0 Å². The lowest BCUT2D eigenvalue weighted by Gasteiger charge is -2.20. The van der Waals surface area contributed by atoms with Gasteiger partial charge >= 0.3 is 5.69 Å². The largest absolute Gasteiger partial charge is 0.466 e. The van der Waals surface area contributed by atoms with Crippen molar-refractivity contribution in [2.45, 2.75) is 5.37 Å². The summed E-state index contributed by atoms with van der Waals surface area (Å²) in [5.41, 5.74) is -0.486. The molecule has 2 aromatic rings. The van der Waals surface area contributed by atoms with Gasteiger partial charge < -0.3 is 9.32 Å². The topological polar surface area (TPSA) is 95.0 Å². The average Bonchev–Trinajstić information content (AvgIpc) is 3.08. The van der Waals surface area contributed by atoms with Crippen molar-refractivity contribution in [3.63, 3.8) is 0 Å². The van der Waals surface area contributed by atoms with E-state index in [0.717, 1.165) is 11.5 Å². The maximum atomic E-state index is 12.2. The van der Waals surface area contributed by atoms with Crippen molar-refractivity contribution in [3.05, 3.63) is 40.5 Å². The van der Waals surface area contributed by atoms with E-state index in [9.17, 15) is 9.59 Å². The van der Waals surface area contributed by atoms with Gasteiger partial charge in [0.2, 0.25) is 5.82 Å². The van der Waals surface area contributed by atoms with Gasteiger partial charge in [0.1, 0.15) is 11.1 Å². The molecule has 1 saturated heterocycles. The summed E-state index contributed by atoms with van der Waals surface area (Å²) in [6, 6.07) is 3.61. The Hall–Kier alpha value is -1.96. The Kier molecular flexibility index (Phi) is 2.71. The van der Waals surface area contributed by atoms with Crippen LogP contribution in [-0.2, 0) is 0 Å².